The van der Waals surface area contributed by atoms with E-state index >= 15 is 0 Å². The zero-order valence-electron chi connectivity index (χ0n) is 8.10. The minimum atomic E-state index is -0.177. The molecule has 0 saturated heterocycles. The summed E-state index contributed by atoms with van der Waals surface area (Å²) in [7, 11) is 0. The lowest BCUT2D eigenvalue weighted by atomic mass is 10.1. The first-order valence-corrected chi connectivity index (χ1v) is 4.50. The van der Waals surface area contributed by atoms with Gasteiger partial charge in [0, 0.05) is 13.3 Å². The topological polar surface area (TPSA) is 49.7 Å². The van der Waals surface area contributed by atoms with Crippen LogP contribution in [0.5, 0.6) is 0 Å². The van der Waals surface area contributed by atoms with Gasteiger partial charge in [-0.2, -0.15) is 0 Å². The van der Waals surface area contributed by atoms with Gasteiger partial charge in [0.1, 0.15) is 5.71 Å². The molecule has 3 nitrogen and oxygen atoms in total. The van der Waals surface area contributed by atoms with Crippen molar-refractivity contribution in [2.75, 3.05) is 0 Å². The average molecular weight is 191 g/mol. The summed E-state index contributed by atoms with van der Waals surface area (Å²) in [6, 6.07) is 9.79. The number of hydrogen-bond acceptors (Lipinski definition) is 3. The van der Waals surface area contributed by atoms with Crippen LogP contribution in [0.25, 0.3) is 0 Å². The number of ketones is 1. The molecule has 0 aliphatic carbocycles. The van der Waals surface area contributed by atoms with E-state index < -0.39 is 0 Å². The van der Waals surface area contributed by atoms with Gasteiger partial charge in [-0.05, 0) is 12.0 Å². The summed E-state index contributed by atoms with van der Waals surface area (Å²) in [5.41, 5.74) is 1.36. The van der Waals surface area contributed by atoms with Crippen LogP contribution in [0.4, 0.5) is 0 Å². The SMILES string of the molecule is CC(=O)/C(CCc1ccccc1)=N\O. The van der Waals surface area contributed by atoms with Crippen LogP contribution in [-0.2, 0) is 11.2 Å². The van der Waals surface area contributed by atoms with E-state index in [0.717, 1.165) is 12.0 Å². The Kier molecular flexibility index (Phi) is 3.85. The molecule has 74 valence electrons. The molecule has 1 aromatic carbocycles. The molecule has 0 fully saturated rings. The van der Waals surface area contributed by atoms with Gasteiger partial charge in [-0.3, -0.25) is 4.79 Å². The number of hydrogen-bond donors (Lipinski definition) is 1. The van der Waals surface area contributed by atoms with Gasteiger partial charge in [0.25, 0.3) is 0 Å². The quantitative estimate of drug-likeness (QED) is 0.449. The number of benzene rings is 1. The average Bonchev–Trinajstić information content (AvgIpc) is 2.20. The summed E-state index contributed by atoms with van der Waals surface area (Å²) in [6.45, 7) is 1.40. The van der Waals surface area contributed by atoms with Gasteiger partial charge in [0.2, 0.25) is 0 Å². The Hall–Kier alpha value is -1.64. The molecule has 1 rings (SSSR count). The third-order valence-corrected chi connectivity index (χ3v) is 2.02. The molecule has 1 N–H and O–H groups in total. The zero-order chi connectivity index (χ0) is 10.4. The van der Waals surface area contributed by atoms with E-state index in [-0.39, 0.29) is 11.5 Å². The minimum absolute atomic E-state index is 0.177. The van der Waals surface area contributed by atoms with Crippen molar-refractivity contribution >= 4 is 11.5 Å². The molecule has 0 saturated carbocycles. The van der Waals surface area contributed by atoms with Crippen LogP contribution in [0.3, 0.4) is 0 Å². The van der Waals surface area contributed by atoms with Crippen molar-refractivity contribution in [2.45, 2.75) is 19.8 Å². The second-order valence-electron chi connectivity index (χ2n) is 3.09. The van der Waals surface area contributed by atoms with Gasteiger partial charge in [-0.15, -0.1) is 0 Å². The second kappa shape index (κ2) is 5.17. The molecular weight excluding hydrogens is 178 g/mol. The molecule has 0 amide bonds. The molecule has 0 aromatic heterocycles. The first kappa shape index (κ1) is 10.4. The summed E-state index contributed by atoms with van der Waals surface area (Å²) in [5, 5.41) is 11.5. The summed E-state index contributed by atoms with van der Waals surface area (Å²) < 4.78 is 0. The van der Waals surface area contributed by atoms with E-state index in [1.165, 1.54) is 6.92 Å². The second-order valence-corrected chi connectivity index (χ2v) is 3.09. The van der Waals surface area contributed by atoms with Crippen LogP contribution in [0.1, 0.15) is 18.9 Å². The predicted molar refractivity (Wildman–Crippen MR) is 54.7 cm³/mol. The number of carbonyl (C=O) groups excluding carboxylic acids is 1. The molecule has 14 heavy (non-hydrogen) atoms. The third-order valence-electron chi connectivity index (χ3n) is 2.02. The van der Waals surface area contributed by atoms with E-state index in [1.54, 1.807) is 0 Å². The number of rotatable bonds is 4. The fraction of sp³-hybridized carbons (Fsp3) is 0.273. The van der Waals surface area contributed by atoms with Gasteiger partial charge < -0.3 is 5.21 Å². The number of oxime groups is 1. The summed E-state index contributed by atoms with van der Waals surface area (Å²) in [5.74, 6) is -0.177. The molecule has 0 unspecified atom stereocenters. The smallest absolute Gasteiger partial charge is 0.177 e. The van der Waals surface area contributed by atoms with Crippen LogP contribution < -0.4 is 0 Å². The van der Waals surface area contributed by atoms with Gasteiger partial charge in [0.15, 0.2) is 5.78 Å². The molecule has 0 atom stereocenters. The fourth-order valence-corrected chi connectivity index (χ4v) is 1.20. The lowest BCUT2D eigenvalue weighted by Gasteiger charge is -2.00. The molecule has 1 aromatic rings. The normalized spacial score (nSPS) is 11.4. The molecule has 0 bridgehead atoms. The van der Waals surface area contributed by atoms with Crippen molar-refractivity contribution in [3.8, 4) is 0 Å². The van der Waals surface area contributed by atoms with E-state index in [2.05, 4.69) is 5.16 Å². The third kappa shape index (κ3) is 3.01. The van der Waals surface area contributed by atoms with Crippen LogP contribution in [0, 0.1) is 0 Å². The van der Waals surface area contributed by atoms with E-state index in [4.69, 9.17) is 5.21 Å². The van der Waals surface area contributed by atoms with Gasteiger partial charge in [0.05, 0.1) is 0 Å². The van der Waals surface area contributed by atoms with E-state index in [0.29, 0.717) is 6.42 Å². The number of carbonyl (C=O) groups is 1. The minimum Gasteiger partial charge on any atom is -0.411 e. The lowest BCUT2D eigenvalue weighted by Crippen LogP contribution is -2.10. The Morgan fingerprint density at radius 3 is 2.50 bits per heavy atom. The number of nitrogens with zero attached hydrogens (tertiary/aromatic N) is 1. The number of aryl methyl sites for hydroxylation is 1. The van der Waals surface area contributed by atoms with Crippen LogP contribution in [-0.4, -0.2) is 16.7 Å². The molecular formula is C11H13NO2. The van der Waals surface area contributed by atoms with Crippen molar-refractivity contribution in [1.82, 2.24) is 0 Å². The van der Waals surface area contributed by atoms with Crippen molar-refractivity contribution in [3.63, 3.8) is 0 Å². The summed E-state index contributed by atoms with van der Waals surface area (Å²) >= 11 is 0. The maximum Gasteiger partial charge on any atom is 0.177 e. The summed E-state index contributed by atoms with van der Waals surface area (Å²) in [4.78, 5) is 10.9. The van der Waals surface area contributed by atoms with Crippen molar-refractivity contribution in [1.29, 1.82) is 0 Å². The molecule has 0 heterocycles. The summed E-state index contributed by atoms with van der Waals surface area (Å²) in [6.07, 6.45) is 1.20. The highest BCUT2D eigenvalue weighted by atomic mass is 16.4. The van der Waals surface area contributed by atoms with Crippen molar-refractivity contribution in [3.05, 3.63) is 35.9 Å². The monoisotopic (exact) mass is 191 g/mol. The number of Topliss-reactive ketones (excluding diaryl/α,β-unsaturated/α-hetero) is 1. The Balaban J connectivity index is 2.53. The van der Waals surface area contributed by atoms with Gasteiger partial charge in [-0.25, -0.2) is 0 Å². The molecule has 0 radical (unpaired) electrons. The van der Waals surface area contributed by atoms with Crippen LogP contribution in [0.15, 0.2) is 35.5 Å². The van der Waals surface area contributed by atoms with Gasteiger partial charge >= 0.3 is 0 Å². The van der Waals surface area contributed by atoms with E-state index in [9.17, 15) is 4.79 Å². The largest absolute Gasteiger partial charge is 0.411 e. The van der Waals surface area contributed by atoms with Crippen molar-refractivity contribution in [2.24, 2.45) is 5.16 Å². The Morgan fingerprint density at radius 2 is 2.00 bits per heavy atom. The van der Waals surface area contributed by atoms with Crippen LogP contribution >= 0.6 is 0 Å². The highest BCUT2D eigenvalue weighted by molar-refractivity contribution is 6.38. The van der Waals surface area contributed by atoms with Gasteiger partial charge in [-0.1, -0.05) is 35.5 Å². The van der Waals surface area contributed by atoms with E-state index in [1.807, 2.05) is 30.3 Å². The maximum atomic E-state index is 10.9. The maximum absolute atomic E-state index is 10.9. The lowest BCUT2D eigenvalue weighted by molar-refractivity contribution is -0.111. The van der Waals surface area contributed by atoms with Crippen LogP contribution in [0.2, 0.25) is 0 Å². The molecule has 3 heteroatoms. The molecule has 0 aliphatic heterocycles. The first-order chi connectivity index (χ1) is 6.74. The standard InChI is InChI=1S/C11H13NO2/c1-9(13)11(12-14)8-7-10-5-3-2-4-6-10/h2-6,14H,7-8H2,1H3/b12-11-. The Bertz CT molecular complexity index is 330. The van der Waals surface area contributed by atoms with Crippen molar-refractivity contribution < 1.29 is 10.0 Å². The zero-order valence-corrected chi connectivity index (χ0v) is 8.10. The Labute approximate surface area is 83.1 Å². The highest BCUT2D eigenvalue weighted by Gasteiger charge is 2.06. The Morgan fingerprint density at radius 1 is 1.36 bits per heavy atom. The fourth-order valence-electron chi connectivity index (χ4n) is 1.20. The predicted octanol–water partition coefficient (Wildman–Crippen LogP) is 2.04. The molecule has 0 spiro atoms. The first-order valence-electron chi connectivity index (χ1n) is 4.50. The highest BCUT2D eigenvalue weighted by Crippen LogP contribution is 2.03. The molecule has 0 aliphatic rings.